The molecular formula is C29H26N2O5. The third-order valence-electron chi connectivity index (χ3n) is 7.63. The number of nitrogens with zero attached hydrogens (tertiary/aromatic N) is 2. The minimum Gasteiger partial charge on any atom is -0.497 e. The van der Waals surface area contributed by atoms with E-state index < -0.39 is 11.2 Å². The number of hydrogen-bond acceptors (Lipinski definition) is 6. The van der Waals surface area contributed by atoms with Crippen LogP contribution in [0.25, 0.3) is 16.5 Å². The zero-order valence-corrected chi connectivity index (χ0v) is 20.1. The van der Waals surface area contributed by atoms with E-state index in [1.807, 2.05) is 55.5 Å². The highest BCUT2D eigenvalue weighted by Crippen LogP contribution is 2.65. The molecule has 0 aliphatic carbocycles. The molecule has 7 nitrogen and oxygen atoms in total. The van der Waals surface area contributed by atoms with Crippen LogP contribution in [0.15, 0.2) is 60.7 Å². The van der Waals surface area contributed by atoms with Crippen molar-refractivity contribution in [3.63, 3.8) is 0 Å². The van der Waals surface area contributed by atoms with Gasteiger partial charge in [-0.1, -0.05) is 24.3 Å². The second kappa shape index (κ2) is 7.94. The molecule has 6 rings (SSSR count). The van der Waals surface area contributed by atoms with Crippen molar-refractivity contribution in [2.75, 3.05) is 13.7 Å². The van der Waals surface area contributed by atoms with Crippen molar-refractivity contribution < 1.29 is 24.4 Å². The van der Waals surface area contributed by atoms with E-state index in [0.717, 1.165) is 28.7 Å². The Kier molecular flexibility index (Phi) is 4.92. The fourth-order valence-corrected chi connectivity index (χ4v) is 5.92. The molecule has 1 aromatic heterocycles. The predicted octanol–water partition coefficient (Wildman–Crippen LogP) is 5.63. The van der Waals surface area contributed by atoms with E-state index in [0.29, 0.717) is 41.8 Å². The van der Waals surface area contributed by atoms with Crippen molar-refractivity contribution in [1.82, 2.24) is 4.57 Å². The van der Waals surface area contributed by atoms with Gasteiger partial charge in [0.15, 0.2) is 0 Å². The summed E-state index contributed by atoms with van der Waals surface area (Å²) in [6, 6.07) is 20.6. The monoisotopic (exact) mass is 482 g/mol. The Morgan fingerprint density at radius 3 is 2.36 bits per heavy atom. The molecule has 0 unspecified atom stereocenters. The highest BCUT2D eigenvalue weighted by molar-refractivity contribution is 5.95. The standard InChI is InChI=1S/C29H26N2O5/c1-28-13-14-29(36-28,15-16-35-20-10-8-19(34-2)9-11-20)25-24(28)26(32)31(27(25)33)23-12-7-18(17-30)21-5-3-4-6-22(21)23/h3-12,32-33H,13-16H2,1-2H3/t28-,29-/m0/s1. The summed E-state index contributed by atoms with van der Waals surface area (Å²) in [7, 11) is 1.62. The van der Waals surface area contributed by atoms with E-state index in [-0.39, 0.29) is 11.8 Å². The Balaban J connectivity index is 1.40. The van der Waals surface area contributed by atoms with Crippen molar-refractivity contribution in [1.29, 1.82) is 5.26 Å². The maximum atomic E-state index is 11.5. The first-order chi connectivity index (χ1) is 17.4. The Hall–Kier alpha value is -4.15. The molecule has 3 heterocycles. The van der Waals surface area contributed by atoms with Crippen LogP contribution < -0.4 is 9.47 Å². The molecule has 0 radical (unpaired) electrons. The van der Waals surface area contributed by atoms with Gasteiger partial charge >= 0.3 is 0 Å². The first-order valence-corrected chi connectivity index (χ1v) is 12.0. The molecule has 0 saturated carbocycles. The highest BCUT2D eigenvalue weighted by atomic mass is 16.5. The summed E-state index contributed by atoms with van der Waals surface area (Å²) < 4.78 is 19.2. The van der Waals surface area contributed by atoms with Crippen LogP contribution in [0.2, 0.25) is 0 Å². The topological polar surface area (TPSA) is 96.9 Å². The lowest BCUT2D eigenvalue weighted by molar-refractivity contribution is -0.0876. The Morgan fingerprint density at radius 1 is 0.944 bits per heavy atom. The van der Waals surface area contributed by atoms with Gasteiger partial charge in [0.2, 0.25) is 11.8 Å². The third kappa shape index (κ3) is 3.08. The first kappa shape index (κ1) is 22.3. The van der Waals surface area contributed by atoms with Gasteiger partial charge < -0.3 is 24.4 Å². The highest BCUT2D eigenvalue weighted by Gasteiger charge is 2.61. The number of rotatable bonds is 6. The third-order valence-corrected chi connectivity index (χ3v) is 7.63. The molecule has 2 aliphatic heterocycles. The van der Waals surface area contributed by atoms with E-state index in [1.54, 1.807) is 19.2 Å². The molecule has 2 N–H and O–H groups in total. The van der Waals surface area contributed by atoms with E-state index in [9.17, 15) is 15.5 Å². The maximum absolute atomic E-state index is 11.5. The van der Waals surface area contributed by atoms with Gasteiger partial charge in [0.1, 0.15) is 17.1 Å². The summed E-state index contributed by atoms with van der Waals surface area (Å²) in [4.78, 5) is 0. The van der Waals surface area contributed by atoms with Gasteiger partial charge in [-0.15, -0.1) is 0 Å². The molecule has 1 fully saturated rings. The van der Waals surface area contributed by atoms with Crippen LogP contribution in [-0.2, 0) is 15.9 Å². The molecule has 36 heavy (non-hydrogen) atoms. The summed E-state index contributed by atoms with van der Waals surface area (Å²) in [6.45, 7) is 2.35. The van der Waals surface area contributed by atoms with Gasteiger partial charge in [-0.2, -0.15) is 5.26 Å². The summed E-state index contributed by atoms with van der Waals surface area (Å²) >= 11 is 0. The van der Waals surface area contributed by atoms with Crippen LogP contribution in [0.3, 0.4) is 0 Å². The van der Waals surface area contributed by atoms with E-state index in [4.69, 9.17) is 14.2 Å². The molecule has 0 amide bonds. The zero-order valence-electron chi connectivity index (χ0n) is 20.1. The number of fused-ring (bicyclic) bond motifs is 6. The molecule has 7 heteroatoms. The average molecular weight is 483 g/mol. The fourth-order valence-electron chi connectivity index (χ4n) is 5.92. The van der Waals surface area contributed by atoms with Gasteiger partial charge in [-0.3, -0.25) is 4.57 Å². The van der Waals surface area contributed by atoms with Crippen LogP contribution in [0, 0.1) is 11.3 Å². The zero-order chi connectivity index (χ0) is 25.1. The van der Waals surface area contributed by atoms with E-state index >= 15 is 0 Å². The molecule has 0 spiro atoms. The average Bonchev–Trinajstić information content (AvgIpc) is 3.48. The number of methoxy groups -OCH3 is 1. The lowest BCUT2D eigenvalue weighted by Crippen LogP contribution is -2.25. The summed E-state index contributed by atoms with van der Waals surface area (Å²) in [6.07, 6.45) is 1.97. The van der Waals surface area contributed by atoms with Crippen LogP contribution in [-0.4, -0.2) is 28.5 Å². The number of aromatic hydroxyl groups is 2. The van der Waals surface area contributed by atoms with E-state index in [1.165, 1.54) is 4.57 Å². The van der Waals surface area contributed by atoms with Gasteiger partial charge in [-0.05, 0) is 56.2 Å². The van der Waals surface area contributed by atoms with Crippen LogP contribution in [0.4, 0.5) is 0 Å². The minimum atomic E-state index is -0.758. The quantitative estimate of drug-likeness (QED) is 0.370. The smallest absolute Gasteiger partial charge is 0.205 e. The predicted molar refractivity (Wildman–Crippen MR) is 134 cm³/mol. The van der Waals surface area contributed by atoms with Crippen molar-refractivity contribution in [3.8, 4) is 35.0 Å². The number of benzene rings is 3. The number of aromatic nitrogens is 1. The molecular weight excluding hydrogens is 456 g/mol. The number of hydrogen-bond donors (Lipinski definition) is 2. The van der Waals surface area contributed by atoms with Crippen LogP contribution in [0.5, 0.6) is 23.3 Å². The van der Waals surface area contributed by atoms with Gasteiger partial charge in [0.05, 0.1) is 47.8 Å². The lowest BCUT2D eigenvalue weighted by Gasteiger charge is -2.26. The van der Waals surface area contributed by atoms with E-state index in [2.05, 4.69) is 6.07 Å². The lowest BCUT2D eigenvalue weighted by atomic mass is 9.78. The molecule has 3 aromatic carbocycles. The van der Waals surface area contributed by atoms with Crippen molar-refractivity contribution >= 4 is 10.8 Å². The molecule has 2 atom stereocenters. The SMILES string of the molecule is COc1ccc(OCC[C@]23CC[C@](C)(O2)c2c3c(O)n(-c3ccc(C#N)c4ccccc34)c2O)cc1. The van der Waals surface area contributed by atoms with Crippen LogP contribution >= 0.6 is 0 Å². The second-order valence-electron chi connectivity index (χ2n) is 9.62. The molecule has 182 valence electrons. The Morgan fingerprint density at radius 2 is 1.64 bits per heavy atom. The number of nitriles is 1. The normalized spacial score (nSPS) is 21.9. The summed E-state index contributed by atoms with van der Waals surface area (Å²) in [5.41, 5.74) is 0.943. The second-order valence-corrected chi connectivity index (χ2v) is 9.62. The largest absolute Gasteiger partial charge is 0.497 e. The molecule has 2 bridgehead atoms. The fraction of sp³-hybridized carbons (Fsp3) is 0.276. The maximum Gasteiger partial charge on any atom is 0.205 e. The minimum absolute atomic E-state index is 0.0301. The summed E-state index contributed by atoms with van der Waals surface area (Å²) in [5, 5.41) is 34.1. The van der Waals surface area contributed by atoms with Gasteiger partial charge in [-0.25, -0.2) is 0 Å². The van der Waals surface area contributed by atoms with Gasteiger partial charge in [0, 0.05) is 17.2 Å². The molecule has 1 saturated heterocycles. The van der Waals surface area contributed by atoms with Crippen molar-refractivity contribution in [2.24, 2.45) is 0 Å². The van der Waals surface area contributed by atoms with Crippen molar-refractivity contribution in [2.45, 2.75) is 37.4 Å². The Bertz CT molecular complexity index is 1530. The van der Waals surface area contributed by atoms with Crippen molar-refractivity contribution in [3.05, 3.63) is 77.4 Å². The van der Waals surface area contributed by atoms with Gasteiger partial charge in [0.25, 0.3) is 0 Å². The summed E-state index contributed by atoms with van der Waals surface area (Å²) in [5.74, 6) is 1.41. The number of ether oxygens (including phenoxy) is 3. The first-order valence-electron chi connectivity index (χ1n) is 12.0. The Labute approximate surface area is 208 Å². The molecule has 4 aromatic rings. The van der Waals surface area contributed by atoms with Crippen LogP contribution in [0.1, 0.15) is 42.9 Å². The molecule has 2 aliphatic rings.